The van der Waals surface area contributed by atoms with Gasteiger partial charge in [-0.05, 0) is 48.9 Å². The minimum absolute atomic E-state index is 0.0366. The summed E-state index contributed by atoms with van der Waals surface area (Å²) in [4.78, 5) is 0. The van der Waals surface area contributed by atoms with Crippen molar-refractivity contribution < 1.29 is 5.11 Å². The molecule has 0 spiro atoms. The molecule has 2 bridgehead atoms. The summed E-state index contributed by atoms with van der Waals surface area (Å²) in [5.74, 6) is 2.36. The predicted molar refractivity (Wildman–Crippen MR) is 54.4 cm³/mol. The Morgan fingerprint density at radius 1 is 1.38 bits per heavy atom. The van der Waals surface area contributed by atoms with Gasteiger partial charge in [0.25, 0.3) is 0 Å². The van der Waals surface area contributed by atoms with Crippen LogP contribution >= 0.6 is 0 Å². The van der Waals surface area contributed by atoms with Crippen LogP contribution < -0.4 is 0 Å². The highest BCUT2D eigenvalue weighted by molar-refractivity contribution is 5.04. The third-order valence-electron chi connectivity index (χ3n) is 4.82. The summed E-state index contributed by atoms with van der Waals surface area (Å²) in [6.07, 6.45) is 4.90. The van der Waals surface area contributed by atoms with Gasteiger partial charge in [0.1, 0.15) is 0 Å². The van der Waals surface area contributed by atoms with Gasteiger partial charge in [0.15, 0.2) is 0 Å². The van der Waals surface area contributed by atoms with Crippen LogP contribution in [0.4, 0.5) is 0 Å². The average Bonchev–Trinajstić information content (AvgIpc) is 2.16. The van der Waals surface area contributed by atoms with Gasteiger partial charge in [-0.1, -0.05) is 20.8 Å². The van der Waals surface area contributed by atoms with E-state index in [0.29, 0.717) is 11.3 Å². The van der Waals surface area contributed by atoms with Crippen LogP contribution in [0.25, 0.3) is 0 Å². The first kappa shape index (κ1) is 9.51. The second kappa shape index (κ2) is 2.98. The van der Waals surface area contributed by atoms with E-state index in [-0.39, 0.29) is 6.10 Å². The molecule has 13 heavy (non-hydrogen) atoms. The highest BCUT2D eigenvalue weighted by Crippen LogP contribution is 2.62. The lowest BCUT2D eigenvalue weighted by Crippen LogP contribution is -2.54. The lowest BCUT2D eigenvalue weighted by atomic mass is 9.45. The third kappa shape index (κ3) is 1.24. The van der Waals surface area contributed by atoms with Gasteiger partial charge in [-0.3, -0.25) is 0 Å². The first-order valence-corrected chi connectivity index (χ1v) is 5.75. The zero-order valence-corrected chi connectivity index (χ0v) is 9.09. The van der Waals surface area contributed by atoms with Crippen LogP contribution in [0.15, 0.2) is 0 Å². The molecule has 1 heteroatoms. The van der Waals surface area contributed by atoms with E-state index in [0.717, 1.165) is 18.3 Å². The molecule has 3 rings (SSSR count). The maximum absolute atomic E-state index is 9.91. The Morgan fingerprint density at radius 3 is 2.54 bits per heavy atom. The van der Waals surface area contributed by atoms with Crippen LogP contribution in [0.3, 0.4) is 0 Å². The van der Waals surface area contributed by atoms with Crippen LogP contribution in [-0.4, -0.2) is 11.2 Å². The zero-order chi connectivity index (χ0) is 9.64. The molecule has 4 atom stereocenters. The van der Waals surface area contributed by atoms with Crippen molar-refractivity contribution in [2.24, 2.45) is 23.2 Å². The number of hydrogen-bond acceptors (Lipinski definition) is 1. The van der Waals surface area contributed by atoms with E-state index in [9.17, 15) is 5.11 Å². The number of fused-ring (bicyclic) bond motifs is 2. The fraction of sp³-hybridized carbons (Fsp3) is 1.00. The number of aliphatic hydroxyl groups is 1. The lowest BCUT2D eigenvalue weighted by Gasteiger charge is -2.61. The first-order chi connectivity index (χ1) is 6.07. The summed E-state index contributed by atoms with van der Waals surface area (Å²) >= 11 is 0. The maximum Gasteiger partial charge on any atom is 0.0568 e. The molecule has 76 valence electrons. The van der Waals surface area contributed by atoms with Gasteiger partial charge in [0.05, 0.1) is 6.10 Å². The topological polar surface area (TPSA) is 20.2 Å². The summed E-state index contributed by atoms with van der Waals surface area (Å²) < 4.78 is 0. The summed E-state index contributed by atoms with van der Waals surface area (Å²) in [6.45, 7) is 6.88. The smallest absolute Gasteiger partial charge is 0.0568 e. The molecule has 3 aliphatic carbocycles. The van der Waals surface area contributed by atoms with Gasteiger partial charge in [-0.15, -0.1) is 0 Å². The lowest BCUT2D eigenvalue weighted by molar-refractivity contribution is -0.137. The van der Waals surface area contributed by atoms with Gasteiger partial charge in [0, 0.05) is 0 Å². The molecule has 1 nitrogen and oxygen atoms in total. The molecule has 0 heterocycles. The Kier molecular flexibility index (Phi) is 2.18. The Balaban J connectivity index is 2.07. The number of hydrogen-bond donors (Lipinski definition) is 1. The zero-order valence-electron chi connectivity index (χ0n) is 9.09. The average molecular weight is 182 g/mol. The second-order valence-electron chi connectivity index (χ2n) is 5.58. The molecular formula is C12H22O. The van der Waals surface area contributed by atoms with Crippen molar-refractivity contribution >= 4 is 0 Å². The fourth-order valence-corrected chi connectivity index (χ4v) is 3.63. The van der Waals surface area contributed by atoms with E-state index in [1.807, 2.05) is 0 Å². The van der Waals surface area contributed by atoms with Crippen molar-refractivity contribution in [1.82, 2.24) is 0 Å². The molecule has 0 aromatic rings. The van der Waals surface area contributed by atoms with Crippen molar-refractivity contribution in [3.63, 3.8) is 0 Å². The number of aliphatic hydroxyl groups excluding tert-OH is 1. The van der Waals surface area contributed by atoms with Crippen LogP contribution in [0.5, 0.6) is 0 Å². The van der Waals surface area contributed by atoms with Gasteiger partial charge in [0.2, 0.25) is 0 Å². The monoisotopic (exact) mass is 182 g/mol. The van der Waals surface area contributed by atoms with Crippen molar-refractivity contribution in [2.45, 2.75) is 52.6 Å². The summed E-state index contributed by atoms with van der Waals surface area (Å²) in [6, 6.07) is 0. The highest BCUT2D eigenvalue weighted by atomic mass is 16.3. The SMILES string of the molecule is CCC(O)[C@@H]1CC[C@H]2C[C@@H]1C2(C)C. The Labute approximate surface area is 81.5 Å². The molecule has 0 radical (unpaired) electrons. The molecule has 0 saturated heterocycles. The second-order valence-corrected chi connectivity index (χ2v) is 5.58. The fourth-order valence-electron chi connectivity index (χ4n) is 3.63. The van der Waals surface area contributed by atoms with Crippen LogP contribution in [0, 0.1) is 23.2 Å². The van der Waals surface area contributed by atoms with Crippen LogP contribution in [-0.2, 0) is 0 Å². The van der Waals surface area contributed by atoms with E-state index < -0.39 is 0 Å². The predicted octanol–water partition coefficient (Wildman–Crippen LogP) is 2.83. The minimum atomic E-state index is -0.0366. The van der Waals surface area contributed by atoms with Gasteiger partial charge >= 0.3 is 0 Å². The minimum Gasteiger partial charge on any atom is -0.393 e. The molecular weight excluding hydrogens is 160 g/mol. The number of rotatable bonds is 2. The molecule has 1 N–H and O–H groups in total. The van der Waals surface area contributed by atoms with Crippen molar-refractivity contribution in [1.29, 1.82) is 0 Å². The molecule has 3 saturated carbocycles. The third-order valence-corrected chi connectivity index (χ3v) is 4.82. The van der Waals surface area contributed by atoms with E-state index in [2.05, 4.69) is 20.8 Å². The van der Waals surface area contributed by atoms with E-state index in [4.69, 9.17) is 0 Å². The maximum atomic E-state index is 9.91. The van der Waals surface area contributed by atoms with E-state index in [1.165, 1.54) is 19.3 Å². The molecule has 1 unspecified atom stereocenters. The van der Waals surface area contributed by atoms with Crippen LogP contribution in [0.2, 0.25) is 0 Å². The largest absolute Gasteiger partial charge is 0.393 e. The van der Waals surface area contributed by atoms with Crippen molar-refractivity contribution in [3.8, 4) is 0 Å². The quantitative estimate of drug-likeness (QED) is 0.696. The van der Waals surface area contributed by atoms with Gasteiger partial charge < -0.3 is 5.11 Å². The van der Waals surface area contributed by atoms with Crippen LogP contribution in [0.1, 0.15) is 46.5 Å². The Bertz CT molecular complexity index is 195. The molecule has 3 aliphatic rings. The standard InChI is InChI=1S/C12H22O/c1-4-11(13)9-6-5-8-7-10(9)12(8,2)3/h8-11,13H,4-7H2,1-3H3/t8-,9+,10-,11?/m0/s1. The van der Waals surface area contributed by atoms with Crippen molar-refractivity contribution in [3.05, 3.63) is 0 Å². The Morgan fingerprint density at radius 2 is 2.08 bits per heavy atom. The normalized spacial score (nSPS) is 43.8. The molecule has 0 aliphatic heterocycles. The van der Waals surface area contributed by atoms with Gasteiger partial charge in [-0.2, -0.15) is 0 Å². The summed E-state index contributed by atoms with van der Waals surface area (Å²) in [7, 11) is 0. The molecule has 0 amide bonds. The Hall–Kier alpha value is -0.0400. The summed E-state index contributed by atoms with van der Waals surface area (Å²) in [5, 5.41) is 9.91. The first-order valence-electron chi connectivity index (χ1n) is 5.75. The summed E-state index contributed by atoms with van der Waals surface area (Å²) in [5.41, 5.74) is 0.527. The van der Waals surface area contributed by atoms with E-state index in [1.54, 1.807) is 0 Å². The molecule has 0 aromatic heterocycles. The van der Waals surface area contributed by atoms with E-state index >= 15 is 0 Å². The molecule has 0 aromatic carbocycles. The van der Waals surface area contributed by atoms with Crippen molar-refractivity contribution in [2.75, 3.05) is 0 Å². The van der Waals surface area contributed by atoms with Gasteiger partial charge in [-0.25, -0.2) is 0 Å². The highest BCUT2D eigenvalue weighted by Gasteiger charge is 2.55. The molecule has 3 fully saturated rings.